The van der Waals surface area contributed by atoms with Crippen molar-refractivity contribution < 1.29 is 0 Å². The highest BCUT2D eigenvalue weighted by molar-refractivity contribution is 6.22. The maximum absolute atomic E-state index is 2.41. The highest BCUT2D eigenvalue weighted by Crippen LogP contribution is 2.40. The Bertz CT molecular complexity index is 3200. The summed E-state index contributed by atoms with van der Waals surface area (Å²) in [5.74, 6) is 0. The van der Waals surface area contributed by atoms with Crippen LogP contribution in [0.4, 0.5) is 0 Å². The number of aromatic nitrogens is 4. The van der Waals surface area contributed by atoms with Crippen LogP contribution < -0.4 is 0 Å². The average Bonchev–Trinajstić information content (AvgIpc) is 4.05. The molecular weight excluding hydrogens is 681 g/mol. The van der Waals surface area contributed by atoms with E-state index in [1.807, 2.05) is 0 Å². The molecule has 12 aromatic rings. The van der Waals surface area contributed by atoms with Crippen molar-refractivity contribution in [1.82, 2.24) is 18.3 Å². The van der Waals surface area contributed by atoms with Crippen molar-refractivity contribution in [3.63, 3.8) is 0 Å². The second-order valence-electron chi connectivity index (χ2n) is 14.6. The van der Waals surface area contributed by atoms with Crippen molar-refractivity contribution in [1.29, 1.82) is 0 Å². The molecule has 0 radical (unpaired) electrons. The fraction of sp³-hybridized carbons (Fsp3) is 0. The van der Waals surface area contributed by atoms with Crippen molar-refractivity contribution in [3.05, 3.63) is 207 Å². The number of hydrogen-bond donors (Lipinski definition) is 0. The third kappa shape index (κ3) is 4.47. The molecule has 0 aliphatic rings. The molecule has 56 heavy (non-hydrogen) atoms. The van der Waals surface area contributed by atoms with Crippen LogP contribution in [-0.2, 0) is 0 Å². The molecule has 0 fully saturated rings. The van der Waals surface area contributed by atoms with Gasteiger partial charge in [0.25, 0.3) is 0 Å². The molecule has 12 rings (SSSR count). The van der Waals surface area contributed by atoms with Gasteiger partial charge in [-0.15, -0.1) is 0 Å². The smallest absolute Gasteiger partial charge is 0.0548 e. The predicted octanol–water partition coefficient (Wildman–Crippen LogP) is 13.4. The summed E-state index contributed by atoms with van der Waals surface area (Å²) in [5, 5.41) is 7.61. The molecule has 0 amide bonds. The lowest BCUT2D eigenvalue weighted by Gasteiger charge is -2.11. The molecule has 4 aromatic heterocycles. The highest BCUT2D eigenvalue weighted by Gasteiger charge is 2.18. The van der Waals surface area contributed by atoms with Crippen molar-refractivity contribution in [2.45, 2.75) is 0 Å². The SMILES string of the molecule is c1ccc(-n2ccc3c4c5ccccc5n(-c5ccc(-c6ccc(-n7c8ccccc8c8c9ccn(-c%10ccccc%10)c9ccc87)cc6)cc5)c4ccc32)cc1. The summed E-state index contributed by atoms with van der Waals surface area (Å²) in [6.45, 7) is 0. The quantitative estimate of drug-likeness (QED) is 0.169. The van der Waals surface area contributed by atoms with Crippen LogP contribution >= 0.6 is 0 Å². The molecule has 0 N–H and O–H groups in total. The summed E-state index contributed by atoms with van der Waals surface area (Å²) in [7, 11) is 0. The van der Waals surface area contributed by atoms with E-state index in [9.17, 15) is 0 Å². The number of fused-ring (bicyclic) bond motifs is 10. The predicted molar refractivity (Wildman–Crippen MR) is 234 cm³/mol. The Morgan fingerprint density at radius 2 is 0.589 bits per heavy atom. The third-order valence-corrected chi connectivity index (χ3v) is 11.7. The summed E-state index contributed by atoms with van der Waals surface area (Å²) in [5.41, 5.74) is 14.3. The van der Waals surface area contributed by atoms with Gasteiger partial charge in [-0.05, 0) is 108 Å². The fourth-order valence-electron chi connectivity index (χ4n) is 9.16. The van der Waals surface area contributed by atoms with E-state index in [2.05, 4.69) is 225 Å². The van der Waals surface area contributed by atoms with Crippen LogP contribution in [0.1, 0.15) is 0 Å². The van der Waals surface area contributed by atoms with Crippen molar-refractivity contribution in [2.24, 2.45) is 0 Å². The molecule has 0 saturated heterocycles. The molecule has 0 unspecified atom stereocenters. The number of nitrogens with zero attached hydrogens (tertiary/aromatic N) is 4. The lowest BCUT2D eigenvalue weighted by atomic mass is 10.0. The van der Waals surface area contributed by atoms with Gasteiger partial charge in [-0.1, -0.05) is 97.1 Å². The maximum Gasteiger partial charge on any atom is 0.0548 e. The number of hydrogen-bond acceptors (Lipinski definition) is 0. The number of benzene rings is 8. The zero-order valence-electron chi connectivity index (χ0n) is 30.4. The van der Waals surface area contributed by atoms with Crippen molar-refractivity contribution >= 4 is 65.4 Å². The van der Waals surface area contributed by atoms with Crippen LogP contribution in [0.3, 0.4) is 0 Å². The molecule has 8 aromatic carbocycles. The van der Waals surface area contributed by atoms with Crippen LogP contribution in [0.5, 0.6) is 0 Å². The molecule has 0 saturated carbocycles. The van der Waals surface area contributed by atoms with E-state index < -0.39 is 0 Å². The summed E-state index contributed by atoms with van der Waals surface area (Å²) in [4.78, 5) is 0. The Kier molecular flexibility index (Phi) is 6.60. The molecule has 0 spiro atoms. The van der Waals surface area contributed by atoms with Crippen LogP contribution in [0.2, 0.25) is 0 Å². The molecule has 0 atom stereocenters. The third-order valence-electron chi connectivity index (χ3n) is 11.7. The number of para-hydroxylation sites is 4. The first-order chi connectivity index (χ1) is 27.8. The highest BCUT2D eigenvalue weighted by atomic mass is 15.0. The Morgan fingerprint density at radius 3 is 1.02 bits per heavy atom. The van der Waals surface area contributed by atoms with Crippen LogP contribution in [0, 0.1) is 0 Å². The van der Waals surface area contributed by atoms with Crippen LogP contribution in [0.15, 0.2) is 207 Å². The Hall–Kier alpha value is -7.56. The minimum Gasteiger partial charge on any atom is -0.317 e. The summed E-state index contributed by atoms with van der Waals surface area (Å²) >= 11 is 0. The summed E-state index contributed by atoms with van der Waals surface area (Å²) < 4.78 is 9.38. The van der Waals surface area contributed by atoms with Crippen molar-refractivity contribution in [3.8, 4) is 33.9 Å². The monoisotopic (exact) mass is 714 g/mol. The Balaban J connectivity index is 0.927. The first kappa shape index (κ1) is 30.9. The van der Waals surface area contributed by atoms with E-state index in [-0.39, 0.29) is 0 Å². The molecular formula is C52H34N4. The van der Waals surface area contributed by atoms with Crippen molar-refractivity contribution in [2.75, 3.05) is 0 Å². The number of rotatable bonds is 5. The lowest BCUT2D eigenvalue weighted by Crippen LogP contribution is -1.95. The van der Waals surface area contributed by atoms with Gasteiger partial charge in [0.15, 0.2) is 0 Å². The second-order valence-corrected chi connectivity index (χ2v) is 14.6. The summed E-state index contributed by atoms with van der Waals surface area (Å²) in [6.07, 6.45) is 4.38. The average molecular weight is 715 g/mol. The Morgan fingerprint density at radius 1 is 0.232 bits per heavy atom. The largest absolute Gasteiger partial charge is 0.317 e. The van der Waals surface area contributed by atoms with E-state index in [0.29, 0.717) is 0 Å². The topological polar surface area (TPSA) is 19.7 Å². The van der Waals surface area contributed by atoms with E-state index in [1.165, 1.54) is 87.9 Å². The van der Waals surface area contributed by atoms with Gasteiger partial charge in [0, 0.05) is 67.5 Å². The van der Waals surface area contributed by atoms with Gasteiger partial charge in [0.05, 0.1) is 33.1 Å². The molecule has 0 aliphatic carbocycles. The maximum atomic E-state index is 2.41. The summed E-state index contributed by atoms with van der Waals surface area (Å²) in [6, 6.07) is 70.4. The first-order valence-corrected chi connectivity index (χ1v) is 19.2. The minimum absolute atomic E-state index is 1.15. The van der Waals surface area contributed by atoms with Gasteiger partial charge in [0.2, 0.25) is 0 Å². The van der Waals surface area contributed by atoms with E-state index in [4.69, 9.17) is 0 Å². The normalized spacial score (nSPS) is 11.9. The molecule has 262 valence electrons. The molecule has 0 aliphatic heterocycles. The zero-order chi connectivity index (χ0) is 36.7. The lowest BCUT2D eigenvalue weighted by molar-refractivity contribution is 1.13. The van der Waals surface area contributed by atoms with Gasteiger partial charge in [-0.25, -0.2) is 0 Å². The molecule has 0 bridgehead atoms. The van der Waals surface area contributed by atoms with E-state index >= 15 is 0 Å². The standard InChI is InChI=1S/C52H34N4/c1-3-11-37(12-4-1)53-33-31-43-45(53)27-29-49-51(43)41-15-7-9-17-47(41)55(49)39-23-19-35(20-24-39)36-21-25-40(26-22-36)56-48-18-10-8-16-42(48)52-44-32-34-54(38-13-5-2-6-14-38)46(44)28-30-50(52)56/h1-34H. The van der Waals surface area contributed by atoms with Crippen LogP contribution in [0.25, 0.3) is 99.3 Å². The fourth-order valence-corrected chi connectivity index (χ4v) is 9.16. The van der Waals surface area contributed by atoms with Gasteiger partial charge in [0.1, 0.15) is 0 Å². The molecule has 4 heteroatoms. The van der Waals surface area contributed by atoms with Gasteiger partial charge in [-0.3, -0.25) is 0 Å². The van der Waals surface area contributed by atoms with Gasteiger partial charge in [-0.2, -0.15) is 0 Å². The van der Waals surface area contributed by atoms with E-state index in [1.54, 1.807) is 0 Å². The minimum atomic E-state index is 1.15. The van der Waals surface area contributed by atoms with E-state index in [0.717, 1.165) is 11.4 Å². The zero-order valence-corrected chi connectivity index (χ0v) is 30.4. The van der Waals surface area contributed by atoms with Crippen LogP contribution in [-0.4, -0.2) is 18.3 Å². The molecule has 4 heterocycles. The molecule has 4 nitrogen and oxygen atoms in total. The first-order valence-electron chi connectivity index (χ1n) is 19.2. The second kappa shape index (κ2) is 12.0. The Labute approximate surface area is 322 Å². The van der Waals surface area contributed by atoms with Gasteiger partial charge < -0.3 is 18.3 Å². The van der Waals surface area contributed by atoms with Gasteiger partial charge >= 0.3 is 0 Å².